The van der Waals surface area contributed by atoms with Gasteiger partial charge in [0.25, 0.3) is 5.91 Å². The number of carbonyl (C=O) groups is 1. The zero-order valence-electron chi connectivity index (χ0n) is 12.8. The Morgan fingerprint density at radius 1 is 1.32 bits per heavy atom. The highest BCUT2D eigenvalue weighted by molar-refractivity contribution is 6.00. The molecule has 1 aliphatic rings. The Hall–Kier alpha value is -2.56. The Morgan fingerprint density at radius 3 is 2.68 bits per heavy atom. The zero-order chi connectivity index (χ0) is 15.5. The van der Waals surface area contributed by atoms with Gasteiger partial charge >= 0.3 is 0 Å². The number of imidazole rings is 1. The third-order valence-electron chi connectivity index (χ3n) is 3.78. The van der Waals surface area contributed by atoms with Gasteiger partial charge in [-0.25, -0.2) is 4.98 Å². The molecule has 22 heavy (non-hydrogen) atoms. The fraction of sp³-hybridized carbons (Fsp3) is 0.294. The number of carbonyl (C=O) groups excluding carboxylic acids is 1. The van der Waals surface area contributed by atoms with Crippen LogP contribution in [0.4, 0.5) is 0 Å². The third-order valence-corrected chi connectivity index (χ3v) is 3.78. The fourth-order valence-electron chi connectivity index (χ4n) is 2.67. The lowest BCUT2D eigenvalue weighted by Crippen LogP contribution is -2.31. The highest BCUT2D eigenvalue weighted by Crippen LogP contribution is 2.25. The van der Waals surface area contributed by atoms with E-state index in [1.165, 1.54) is 0 Å². The fourth-order valence-corrected chi connectivity index (χ4v) is 2.67. The Balaban J connectivity index is 1.93. The van der Waals surface area contributed by atoms with E-state index in [0.717, 1.165) is 41.9 Å². The third kappa shape index (κ3) is 2.74. The van der Waals surface area contributed by atoms with Crippen molar-refractivity contribution in [3.05, 3.63) is 53.6 Å². The van der Waals surface area contributed by atoms with Crippen molar-refractivity contribution < 1.29 is 9.53 Å². The minimum atomic E-state index is -0.0302. The van der Waals surface area contributed by atoms with Crippen molar-refractivity contribution in [3.8, 4) is 5.69 Å². The molecule has 1 amide bonds. The number of nitrogens with one attached hydrogen (secondary N) is 1. The van der Waals surface area contributed by atoms with Gasteiger partial charge in [-0.05, 0) is 44.0 Å². The minimum absolute atomic E-state index is 0.0302. The van der Waals surface area contributed by atoms with Crippen molar-refractivity contribution >= 4 is 11.7 Å². The van der Waals surface area contributed by atoms with E-state index < -0.39 is 0 Å². The van der Waals surface area contributed by atoms with Crippen LogP contribution >= 0.6 is 0 Å². The van der Waals surface area contributed by atoms with E-state index in [2.05, 4.69) is 10.3 Å². The molecule has 0 radical (unpaired) electrons. The summed E-state index contributed by atoms with van der Waals surface area (Å²) in [5.74, 6) is 0.628. The molecule has 0 unspecified atom stereocenters. The second-order valence-electron chi connectivity index (χ2n) is 5.34. The molecular formula is C17H19N3O2. The summed E-state index contributed by atoms with van der Waals surface area (Å²) in [7, 11) is 1.61. The molecule has 0 bridgehead atoms. The number of nitrogens with zero attached hydrogens (tertiary/aromatic N) is 2. The van der Waals surface area contributed by atoms with Crippen LogP contribution in [0.15, 0.2) is 42.4 Å². The van der Waals surface area contributed by atoms with E-state index in [0.29, 0.717) is 5.76 Å². The lowest BCUT2D eigenvalue weighted by molar-refractivity contribution is -0.118. The van der Waals surface area contributed by atoms with Crippen LogP contribution < -0.4 is 5.32 Å². The molecule has 0 spiro atoms. The van der Waals surface area contributed by atoms with E-state index in [-0.39, 0.29) is 5.91 Å². The summed E-state index contributed by atoms with van der Waals surface area (Å²) in [4.78, 5) is 16.2. The Labute approximate surface area is 129 Å². The Bertz CT molecular complexity index is 714. The maximum absolute atomic E-state index is 12.0. The van der Waals surface area contributed by atoms with Crippen molar-refractivity contribution in [1.29, 1.82) is 0 Å². The highest BCUT2D eigenvalue weighted by Gasteiger charge is 2.20. The number of aromatic nitrogens is 2. The number of hydrogen-bond donors (Lipinski definition) is 1. The Kier molecular flexibility index (Phi) is 3.96. The second-order valence-corrected chi connectivity index (χ2v) is 5.34. The molecule has 0 atom stereocenters. The number of hydrogen-bond acceptors (Lipinski definition) is 3. The number of amides is 1. The van der Waals surface area contributed by atoms with Gasteiger partial charge in [-0.15, -0.1) is 0 Å². The molecule has 5 heteroatoms. The van der Waals surface area contributed by atoms with Gasteiger partial charge in [0.2, 0.25) is 0 Å². The predicted molar refractivity (Wildman–Crippen MR) is 84.5 cm³/mol. The van der Waals surface area contributed by atoms with E-state index in [9.17, 15) is 4.79 Å². The molecule has 0 aliphatic carbocycles. The molecular weight excluding hydrogens is 278 g/mol. The molecule has 1 aliphatic heterocycles. The smallest absolute Gasteiger partial charge is 0.250 e. The molecule has 2 aromatic rings. The van der Waals surface area contributed by atoms with Crippen LogP contribution in [-0.2, 0) is 9.53 Å². The summed E-state index contributed by atoms with van der Waals surface area (Å²) in [5.41, 5.74) is 3.63. The average molecular weight is 297 g/mol. The average Bonchev–Trinajstić information content (AvgIpc) is 2.97. The van der Waals surface area contributed by atoms with Crippen molar-refractivity contribution in [2.24, 2.45) is 0 Å². The van der Waals surface area contributed by atoms with E-state index in [1.807, 2.05) is 42.0 Å². The van der Waals surface area contributed by atoms with Crippen LogP contribution in [0.2, 0.25) is 0 Å². The topological polar surface area (TPSA) is 56.1 Å². The first kappa shape index (κ1) is 14.4. The number of ether oxygens (including phenoxy) is 1. The number of benzene rings is 1. The molecule has 1 aromatic heterocycles. The van der Waals surface area contributed by atoms with Gasteiger partial charge < -0.3 is 14.6 Å². The monoisotopic (exact) mass is 297 g/mol. The molecule has 1 saturated heterocycles. The molecule has 0 saturated carbocycles. The SMILES string of the molecule is COC(=C1CCCNC1=O)c1ccc(-n2cnc(C)c2)cc1. The largest absolute Gasteiger partial charge is 0.496 e. The van der Waals surface area contributed by atoms with Crippen LogP contribution in [-0.4, -0.2) is 29.1 Å². The number of rotatable bonds is 3. The summed E-state index contributed by atoms with van der Waals surface area (Å²) in [6.07, 6.45) is 5.45. The lowest BCUT2D eigenvalue weighted by Gasteiger charge is -2.19. The molecule has 2 heterocycles. The Morgan fingerprint density at radius 2 is 2.09 bits per heavy atom. The van der Waals surface area contributed by atoms with Gasteiger partial charge in [0, 0.05) is 24.0 Å². The summed E-state index contributed by atoms with van der Waals surface area (Å²) < 4.78 is 7.46. The van der Waals surface area contributed by atoms with Crippen molar-refractivity contribution in [2.45, 2.75) is 19.8 Å². The lowest BCUT2D eigenvalue weighted by atomic mass is 10.0. The first-order valence-electron chi connectivity index (χ1n) is 7.36. The van der Waals surface area contributed by atoms with E-state index >= 15 is 0 Å². The van der Waals surface area contributed by atoms with Crippen LogP contribution in [0.25, 0.3) is 11.4 Å². The summed E-state index contributed by atoms with van der Waals surface area (Å²) in [6.45, 7) is 2.69. The maximum Gasteiger partial charge on any atom is 0.250 e. The standard InChI is InChI=1S/C17H19N3O2/c1-12-10-20(11-19-12)14-7-5-13(6-8-14)16(22-2)15-4-3-9-18-17(15)21/h5-8,10-11H,3-4,9H2,1-2H3,(H,18,21). The quantitative estimate of drug-likeness (QED) is 0.699. The highest BCUT2D eigenvalue weighted by atomic mass is 16.5. The van der Waals surface area contributed by atoms with Gasteiger partial charge in [0.1, 0.15) is 5.76 Å². The van der Waals surface area contributed by atoms with Crippen molar-refractivity contribution in [2.75, 3.05) is 13.7 Å². The molecule has 1 N–H and O–H groups in total. The van der Waals surface area contributed by atoms with Crippen molar-refractivity contribution in [3.63, 3.8) is 0 Å². The number of piperidine rings is 1. The number of methoxy groups -OCH3 is 1. The molecule has 1 fully saturated rings. The molecule has 3 rings (SSSR count). The van der Waals surface area contributed by atoms with Gasteiger partial charge in [0.05, 0.1) is 24.7 Å². The first-order chi connectivity index (χ1) is 10.7. The van der Waals surface area contributed by atoms with Gasteiger partial charge in [-0.3, -0.25) is 4.79 Å². The van der Waals surface area contributed by atoms with Crippen LogP contribution in [0, 0.1) is 6.92 Å². The zero-order valence-corrected chi connectivity index (χ0v) is 12.8. The van der Waals surface area contributed by atoms with Gasteiger partial charge in [-0.1, -0.05) is 0 Å². The second kappa shape index (κ2) is 6.05. The molecule has 5 nitrogen and oxygen atoms in total. The summed E-state index contributed by atoms with van der Waals surface area (Å²) in [5, 5.41) is 2.87. The van der Waals surface area contributed by atoms with E-state index in [1.54, 1.807) is 13.4 Å². The molecule has 114 valence electrons. The van der Waals surface area contributed by atoms with Crippen LogP contribution in [0.5, 0.6) is 0 Å². The van der Waals surface area contributed by atoms with Crippen molar-refractivity contribution in [1.82, 2.24) is 14.9 Å². The maximum atomic E-state index is 12.0. The van der Waals surface area contributed by atoms with Gasteiger partial charge in [0.15, 0.2) is 0 Å². The molecule has 1 aromatic carbocycles. The van der Waals surface area contributed by atoms with Gasteiger partial charge in [-0.2, -0.15) is 0 Å². The van der Waals surface area contributed by atoms with E-state index in [4.69, 9.17) is 4.74 Å². The first-order valence-corrected chi connectivity index (χ1v) is 7.36. The predicted octanol–water partition coefficient (Wildman–Crippen LogP) is 2.45. The number of aryl methyl sites for hydroxylation is 1. The summed E-state index contributed by atoms with van der Waals surface area (Å²) in [6, 6.07) is 7.93. The van der Waals surface area contributed by atoms with Crippen LogP contribution in [0.1, 0.15) is 24.1 Å². The summed E-state index contributed by atoms with van der Waals surface area (Å²) >= 11 is 0. The minimum Gasteiger partial charge on any atom is -0.496 e. The van der Waals surface area contributed by atoms with Crippen LogP contribution in [0.3, 0.4) is 0 Å². The normalized spacial score (nSPS) is 17.1.